The second-order valence-electron chi connectivity index (χ2n) is 8.19. The summed E-state index contributed by atoms with van der Waals surface area (Å²) in [5, 5.41) is 7.85. The van der Waals surface area contributed by atoms with E-state index in [-0.39, 0.29) is 17.9 Å². The number of methoxy groups -OCH3 is 1. The maximum absolute atomic E-state index is 13.0. The van der Waals surface area contributed by atoms with Crippen molar-refractivity contribution >= 4 is 45.3 Å². The number of ether oxygens (including phenoxy) is 1. The van der Waals surface area contributed by atoms with Crippen LogP contribution in [0.5, 0.6) is 5.75 Å². The summed E-state index contributed by atoms with van der Waals surface area (Å²) in [6.07, 6.45) is 1.20. The monoisotopic (exact) mass is 443 g/mol. The number of urea groups is 1. The van der Waals surface area contributed by atoms with Gasteiger partial charge in [0.15, 0.2) is 0 Å². The highest BCUT2D eigenvalue weighted by molar-refractivity contribution is 6.08. The van der Waals surface area contributed by atoms with Crippen LogP contribution >= 0.6 is 0 Å². The van der Waals surface area contributed by atoms with E-state index < -0.39 is 0 Å². The Bertz CT molecular complexity index is 1310. The highest BCUT2D eigenvalue weighted by Gasteiger charge is 2.28. The van der Waals surface area contributed by atoms with Crippen LogP contribution in [0.15, 0.2) is 71.1 Å². The minimum Gasteiger partial charge on any atom is -0.495 e. The fourth-order valence-corrected chi connectivity index (χ4v) is 4.32. The number of hydrogen-bond donors (Lipinski definition) is 2. The maximum atomic E-state index is 13.0. The average Bonchev–Trinajstić information content (AvgIpc) is 3.21. The van der Waals surface area contributed by atoms with E-state index in [1.165, 1.54) is 0 Å². The molecule has 4 aromatic rings. The first-order valence-corrected chi connectivity index (χ1v) is 11.0. The molecule has 5 rings (SSSR count). The molecule has 0 spiro atoms. The minimum atomic E-state index is -0.179. The summed E-state index contributed by atoms with van der Waals surface area (Å²) in [6.45, 7) is 1.05. The highest BCUT2D eigenvalue weighted by Crippen LogP contribution is 2.36. The number of rotatable bonds is 4. The summed E-state index contributed by atoms with van der Waals surface area (Å²) >= 11 is 0. The number of carbonyl (C=O) groups excluding carboxylic acids is 2. The van der Waals surface area contributed by atoms with Gasteiger partial charge in [0.1, 0.15) is 16.9 Å². The standard InChI is InChI=1S/C26H25N3O4/c1-32-24-15-20-19-9-5-6-10-22(19)33-23(20)16-21(24)28-25(30)17-11-13-29(14-12-17)26(31)27-18-7-3-2-4-8-18/h2-10,15-17H,11-14H2,1H3,(H,27,31)(H,28,30). The average molecular weight is 444 g/mol. The molecule has 1 fully saturated rings. The van der Waals surface area contributed by atoms with Crippen LogP contribution < -0.4 is 15.4 Å². The second-order valence-corrected chi connectivity index (χ2v) is 8.19. The number of furan rings is 1. The van der Waals surface area contributed by atoms with Crippen LogP contribution in [0, 0.1) is 5.92 Å². The molecule has 2 N–H and O–H groups in total. The molecule has 1 aromatic heterocycles. The Balaban J connectivity index is 1.25. The summed E-state index contributed by atoms with van der Waals surface area (Å²) < 4.78 is 11.5. The van der Waals surface area contributed by atoms with Crippen molar-refractivity contribution < 1.29 is 18.7 Å². The third-order valence-electron chi connectivity index (χ3n) is 6.13. The predicted octanol–water partition coefficient (Wildman–Crippen LogP) is 5.48. The molecule has 3 aromatic carbocycles. The van der Waals surface area contributed by atoms with E-state index in [0.717, 1.165) is 22.0 Å². The van der Waals surface area contributed by atoms with Crippen molar-refractivity contribution in [2.45, 2.75) is 12.8 Å². The number of hydrogen-bond acceptors (Lipinski definition) is 4. The number of nitrogens with one attached hydrogen (secondary N) is 2. The number of para-hydroxylation sites is 2. The minimum absolute atomic E-state index is 0.0770. The quantitative estimate of drug-likeness (QED) is 0.438. The number of carbonyl (C=O) groups is 2. The fraction of sp³-hybridized carbons (Fsp3) is 0.231. The Morgan fingerprint density at radius 1 is 0.909 bits per heavy atom. The topological polar surface area (TPSA) is 83.8 Å². The van der Waals surface area contributed by atoms with Gasteiger partial charge in [0.25, 0.3) is 0 Å². The summed E-state index contributed by atoms with van der Waals surface area (Å²) in [4.78, 5) is 27.2. The molecule has 0 aliphatic carbocycles. The zero-order chi connectivity index (χ0) is 22.8. The Morgan fingerprint density at radius 2 is 1.64 bits per heavy atom. The molecule has 7 nitrogen and oxygen atoms in total. The van der Waals surface area contributed by atoms with Gasteiger partial charge in [-0.1, -0.05) is 36.4 Å². The largest absolute Gasteiger partial charge is 0.495 e. The molecule has 0 saturated carbocycles. The number of likely N-dealkylation sites (tertiary alicyclic amines) is 1. The van der Waals surface area contributed by atoms with Crippen molar-refractivity contribution in [3.8, 4) is 5.75 Å². The van der Waals surface area contributed by atoms with Crippen molar-refractivity contribution in [1.82, 2.24) is 4.90 Å². The van der Waals surface area contributed by atoms with Crippen LogP contribution in [0.25, 0.3) is 21.9 Å². The second kappa shape index (κ2) is 8.86. The molecule has 0 atom stereocenters. The van der Waals surface area contributed by atoms with E-state index in [4.69, 9.17) is 9.15 Å². The van der Waals surface area contributed by atoms with Gasteiger partial charge < -0.3 is 24.7 Å². The SMILES string of the molecule is COc1cc2c(cc1NC(=O)C1CCN(C(=O)Nc3ccccc3)CC1)oc1ccccc12. The number of benzene rings is 3. The summed E-state index contributed by atoms with van der Waals surface area (Å²) in [7, 11) is 1.59. The first kappa shape index (κ1) is 20.9. The molecule has 1 saturated heterocycles. The number of anilines is 2. The van der Waals surface area contributed by atoms with Gasteiger partial charge >= 0.3 is 6.03 Å². The Labute approximate surface area is 191 Å². The molecule has 1 aliphatic rings. The van der Waals surface area contributed by atoms with Crippen molar-refractivity contribution in [2.24, 2.45) is 5.92 Å². The normalized spacial score (nSPS) is 14.4. The van der Waals surface area contributed by atoms with Gasteiger partial charge in [-0.15, -0.1) is 0 Å². The van der Waals surface area contributed by atoms with E-state index in [1.807, 2.05) is 66.7 Å². The van der Waals surface area contributed by atoms with Crippen LogP contribution in [0.2, 0.25) is 0 Å². The number of piperidine rings is 1. The van der Waals surface area contributed by atoms with Crippen LogP contribution in [-0.4, -0.2) is 37.0 Å². The first-order chi connectivity index (χ1) is 16.1. The predicted molar refractivity (Wildman–Crippen MR) is 129 cm³/mol. The molecule has 168 valence electrons. The first-order valence-electron chi connectivity index (χ1n) is 11.0. The third kappa shape index (κ3) is 4.22. The molecule has 33 heavy (non-hydrogen) atoms. The van der Waals surface area contributed by atoms with Crippen molar-refractivity contribution in [3.63, 3.8) is 0 Å². The van der Waals surface area contributed by atoms with Crippen LogP contribution in [0.4, 0.5) is 16.2 Å². The number of fused-ring (bicyclic) bond motifs is 3. The number of nitrogens with zero attached hydrogens (tertiary/aromatic N) is 1. The molecule has 7 heteroatoms. The van der Waals surface area contributed by atoms with Crippen molar-refractivity contribution in [3.05, 3.63) is 66.7 Å². The van der Waals surface area contributed by atoms with E-state index in [2.05, 4.69) is 10.6 Å². The molecule has 0 unspecified atom stereocenters. The van der Waals surface area contributed by atoms with Crippen LogP contribution in [-0.2, 0) is 4.79 Å². The Morgan fingerprint density at radius 3 is 2.39 bits per heavy atom. The lowest BCUT2D eigenvalue weighted by molar-refractivity contribution is -0.121. The lowest BCUT2D eigenvalue weighted by atomic mass is 9.96. The smallest absolute Gasteiger partial charge is 0.321 e. The van der Waals surface area contributed by atoms with E-state index in [1.54, 1.807) is 12.0 Å². The fourth-order valence-electron chi connectivity index (χ4n) is 4.32. The molecule has 1 aliphatic heterocycles. The zero-order valence-electron chi connectivity index (χ0n) is 18.3. The van der Waals surface area contributed by atoms with Crippen molar-refractivity contribution in [1.29, 1.82) is 0 Å². The van der Waals surface area contributed by atoms with Crippen LogP contribution in [0.1, 0.15) is 12.8 Å². The molecule has 3 amide bonds. The van der Waals surface area contributed by atoms with Gasteiger partial charge in [0, 0.05) is 41.5 Å². The van der Waals surface area contributed by atoms with Gasteiger partial charge in [-0.2, -0.15) is 0 Å². The van der Waals surface area contributed by atoms with Crippen LogP contribution in [0.3, 0.4) is 0 Å². The van der Waals surface area contributed by atoms with Gasteiger partial charge in [-0.05, 0) is 37.1 Å². The maximum Gasteiger partial charge on any atom is 0.321 e. The third-order valence-corrected chi connectivity index (χ3v) is 6.13. The molecule has 0 radical (unpaired) electrons. The summed E-state index contributed by atoms with van der Waals surface area (Å²) in [5.41, 5.74) is 2.83. The lowest BCUT2D eigenvalue weighted by Crippen LogP contribution is -2.43. The van der Waals surface area contributed by atoms with Crippen molar-refractivity contribution in [2.75, 3.05) is 30.8 Å². The van der Waals surface area contributed by atoms with Gasteiger partial charge in [0.05, 0.1) is 12.8 Å². The van der Waals surface area contributed by atoms with Gasteiger partial charge in [-0.25, -0.2) is 4.79 Å². The summed E-state index contributed by atoms with van der Waals surface area (Å²) in [5.74, 6) is 0.329. The van der Waals surface area contributed by atoms with Gasteiger partial charge in [-0.3, -0.25) is 4.79 Å². The molecular weight excluding hydrogens is 418 g/mol. The number of amides is 3. The molecule has 0 bridgehead atoms. The van der Waals surface area contributed by atoms with E-state index in [0.29, 0.717) is 43.0 Å². The van der Waals surface area contributed by atoms with E-state index >= 15 is 0 Å². The molecule has 2 heterocycles. The highest BCUT2D eigenvalue weighted by atomic mass is 16.5. The summed E-state index contributed by atoms with van der Waals surface area (Å²) in [6, 6.07) is 20.7. The zero-order valence-corrected chi connectivity index (χ0v) is 18.3. The molecular formula is C26H25N3O4. The van der Waals surface area contributed by atoms with Gasteiger partial charge in [0.2, 0.25) is 5.91 Å². The lowest BCUT2D eigenvalue weighted by Gasteiger charge is -2.31. The Kier molecular flexibility index (Phi) is 5.60. The van der Waals surface area contributed by atoms with E-state index in [9.17, 15) is 9.59 Å². The Hall–Kier alpha value is -4.00.